The zero-order chi connectivity index (χ0) is 16.1. The van der Waals surface area contributed by atoms with Gasteiger partial charge in [-0.2, -0.15) is 0 Å². The SMILES string of the molecule is CCC(CO)N1CCN(C(=O)Nc2cc(C)ccc2Cl)CC1. The number of aliphatic hydroxyl groups is 1. The molecule has 1 aromatic carbocycles. The van der Waals surface area contributed by atoms with Crippen molar-refractivity contribution in [3.63, 3.8) is 0 Å². The third-order valence-corrected chi connectivity index (χ3v) is 4.49. The molecular weight excluding hydrogens is 302 g/mol. The molecule has 2 rings (SSSR count). The number of carbonyl (C=O) groups excluding carboxylic acids is 1. The van der Waals surface area contributed by atoms with Crippen LogP contribution in [-0.2, 0) is 0 Å². The number of piperazine rings is 1. The van der Waals surface area contributed by atoms with E-state index >= 15 is 0 Å². The molecule has 0 radical (unpaired) electrons. The Hall–Kier alpha value is -1.30. The third kappa shape index (κ3) is 4.12. The molecule has 1 aliphatic rings. The molecule has 0 saturated carbocycles. The van der Waals surface area contributed by atoms with Crippen LogP contribution in [0.1, 0.15) is 18.9 Å². The van der Waals surface area contributed by atoms with E-state index in [0.29, 0.717) is 23.8 Å². The molecule has 1 aliphatic heterocycles. The summed E-state index contributed by atoms with van der Waals surface area (Å²) in [6.07, 6.45) is 0.918. The van der Waals surface area contributed by atoms with E-state index in [2.05, 4.69) is 17.1 Å². The zero-order valence-corrected chi connectivity index (χ0v) is 13.9. The van der Waals surface area contributed by atoms with Crippen LogP contribution in [0.2, 0.25) is 5.02 Å². The number of benzene rings is 1. The number of halogens is 1. The van der Waals surface area contributed by atoms with Gasteiger partial charge in [-0.05, 0) is 31.0 Å². The lowest BCUT2D eigenvalue weighted by Gasteiger charge is -2.38. The molecule has 22 heavy (non-hydrogen) atoms. The van der Waals surface area contributed by atoms with Crippen molar-refractivity contribution in [1.82, 2.24) is 9.80 Å². The maximum Gasteiger partial charge on any atom is 0.321 e. The lowest BCUT2D eigenvalue weighted by atomic mass is 10.1. The molecule has 1 aromatic rings. The highest BCUT2D eigenvalue weighted by Crippen LogP contribution is 2.23. The van der Waals surface area contributed by atoms with Crippen molar-refractivity contribution >= 4 is 23.3 Å². The molecule has 0 spiro atoms. The number of anilines is 1. The lowest BCUT2D eigenvalue weighted by Crippen LogP contribution is -2.53. The molecule has 0 aliphatic carbocycles. The van der Waals surface area contributed by atoms with Crippen LogP contribution in [0.15, 0.2) is 18.2 Å². The molecule has 6 heteroatoms. The number of hydrogen-bond donors (Lipinski definition) is 2. The van der Waals surface area contributed by atoms with E-state index in [0.717, 1.165) is 25.1 Å². The fraction of sp³-hybridized carbons (Fsp3) is 0.562. The minimum absolute atomic E-state index is 0.121. The number of carbonyl (C=O) groups is 1. The predicted molar refractivity (Wildman–Crippen MR) is 89.5 cm³/mol. The molecule has 0 bridgehead atoms. The van der Waals surface area contributed by atoms with Gasteiger partial charge < -0.3 is 15.3 Å². The van der Waals surface area contributed by atoms with Gasteiger partial charge in [-0.25, -0.2) is 4.79 Å². The van der Waals surface area contributed by atoms with Gasteiger partial charge in [0.15, 0.2) is 0 Å². The molecule has 1 unspecified atom stereocenters. The molecule has 1 fully saturated rings. The van der Waals surface area contributed by atoms with Gasteiger partial charge in [-0.15, -0.1) is 0 Å². The van der Waals surface area contributed by atoms with E-state index in [1.807, 2.05) is 19.1 Å². The van der Waals surface area contributed by atoms with Crippen LogP contribution in [-0.4, -0.2) is 59.8 Å². The minimum atomic E-state index is -0.121. The monoisotopic (exact) mass is 325 g/mol. The standard InChI is InChI=1S/C16H24ClN3O2/c1-3-13(11-21)19-6-8-20(9-7-19)16(22)18-15-10-12(2)4-5-14(15)17/h4-5,10,13,21H,3,6-9,11H2,1-2H3,(H,18,22). The van der Waals surface area contributed by atoms with E-state index < -0.39 is 0 Å². The van der Waals surface area contributed by atoms with E-state index in [9.17, 15) is 9.90 Å². The highest BCUT2D eigenvalue weighted by Gasteiger charge is 2.25. The fourth-order valence-electron chi connectivity index (χ4n) is 2.72. The second-order valence-corrected chi connectivity index (χ2v) is 6.09. The summed E-state index contributed by atoms with van der Waals surface area (Å²) in [4.78, 5) is 16.4. The molecule has 1 saturated heterocycles. The Kier molecular flexibility index (Phi) is 6.06. The maximum absolute atomic E-state index is 12.3. The number of nitrogens with zero attached hydrogens (tertiary/aromatic N) is 2. The Bertz CT molecular complexity index is 512. The summed E-state index contributed by atoms with van der Waals surface area (Å²) in [5.41, 5.74) is 1.70. The van der Waals surface area contributed by atoms with Crippen molar-refractivity contribution in [3.05, 3.63) is 28.8 Å². The number of aliphatic hydroxyl groups excluding tert-OH is 1. The smallest absolute Gasteiger partial charge is 0.321 e. The predicted octanol–water partition coefficient (Wildman–Crippen LogP) is 2.57. The molecule has 2 N–H and O–H groups in total. The molecule has 2 amide bonds. The van der Waals surface area contributed by atoms with Gasteiger partial charge in [0, 0.05) is 32.2 Å². The number of rotatable bonds is 4. The summed E-state index contributed by atoms with van der Waals surface area (Å²) in [6.45, 7) is 7.09. The number of aryl methyl sites for hydroxylation is 1. The normalized spacial score (nSPS) is 17.4. The van der Waals surface area contributed by atoms with Crippen molar-refractivity contribution < 1.29 is 9.90 Å². The Labute approximate surface area is 136 Å². The Balaban J connectivity index is 1.91. The second-order valence-electron chi connectivity index (χ2n) is 5.68. The Morgan fingerprint density at radius 3 is 2.64 bits per heavy atom. The molecule has 1 atom stereocenters. The Morgan fingerprint density at radius 1 is 1.36 bits per heavy atom. The summed E-state index contributed by atoms with van der Waals surface area (Å²) in [7, 11) is 0. The average Bonchev–Trinajstić information content (AvgIpc) is 2.53. The summed E-state index contributed by atoms with van der Waals surface area (Å²) >= 11 is 6.11. The molecular formula is C16H24ClN3O2. The van der Waals surface area contributed by atoms with Gasteiger partial charge in [0.05, 0.1) is 17.3 Å². The van der Waals surface area contributed by atoms with Crippen LogP contribution >= 0.6 is 11.6 Å². The minimum Gasteiger partial charge on any atom is -0.395 e. The van der Waals surface area contributed by atoms with Crippen molar-refractivity contribution in [2.75, 3.05) is 38.1 Å². The number of hydrogen-bond acceptors (Lipinski definition) is 3. The van der Waals surface area contributed by atoms with Gasteiger partial charge in [-0.3, -0.25) is 4.90 Å². The first-order valence-electron chi connectivity index (χ1n) is 7.72. The van der Waals surface area contributed by atoms with E-state index in [1.165, 1.54) is 0 Å². The highest BCUT2D eigenvalue weighted by atomic mass is 35.5. The summed E-state index contributed by atoms with van der Waals surface area (Å²) in [5.74, 6) is 0. The molecule has 122 valence electrons. The van der Waals surface area contributed by atoms with Gasteiger partial charge >= 0.3 is 6.03 Å². The second kappa shape index (κ2) is 7.81. The largest absolute Gasteiger partial charge is 0.395 e. The first-order valence-corrected chi connectivity index (χ1v) is 8.10. The van der Waals surface area contributed by atoms with Crippen LogP contribution in [0, 0.1) is 6.92 Å². The number of nitrogens with one attached hydrogen (secondary N) is 1. The van der Waals surface area contributed by atoms with Gasteiger partial charge in [0.1, 0.15) is 0 Å². The van der Waals surface area contributed by atoms with Crippen molar-refractivity contribution in [2.24, 2.45) is 0 Å². The maximum atomic E-state index is 12.3. The highest BCUT2D eigenvalue weighted by molar-refractivity contribution is 6.33. The van der Waals surface area contributed by atoms with Gasteiger partial charge in [0.2, 0.25) is 0 Å². The number of amides is 2. The van der Waals surface area contributed by atoms with Crippen LogP contribution in [0.3, 0.4) is 0 Å². The third-order valence-electron chi connectivity index (χ3n) is 4.16. The Morgan fingerprint density at radius 2 is 2.05 bits per heavy atom. The van der Waals surface area contributed by atoms with Crippen molar-refractivity contribution in [3.8, 4) is 0 Å². The number of urea groups is 1. The van der Waals surface area contributed by atoms with E-state index in [4.69, 9.17) is 11.6 Å². The molecule has 1 heterocycles. The molecule has 5 nitrogen and oxygen atoms in total. The fourth-order valence-corrected chi connectivity index (χ4v) is 2.89. The first kappa shape index (κ1) is 17.1. The first-order chi connectivity index (χ1) is 10.5. The van der Waals surface area contributed by atoms with Crippen molar-refractivity contribution in [1.29, 1.82) is 0 Å². The molecule has 0 aromatic heterocycles. The topological polar surface area (TPSA) is 55.8 Å². The van der Waals surface area contributed by atoms with E-state index in [1.54, 1.807) is 11.0 Å². The van der Waals surface area contributed by atoms with E-state index in [-0.39, 0.29) is 18.7 Å². The van der Waals surface area contributed by atoms with Gasteiger partial charge in [-0.1, -0.05) is 24.6 Å². The average molecular weight is 326 g/mol. The quantitative estimate of drug-likeness (QED) is 0.894. The van der Waals surface area contributed by atoms with Crippen LogP contribution in [0.25, 0.3) is 0 Å². The van der Waals surface area contributed by atoms with Gasteiger partial charge in [0.25, 0.3) is 0 Å². The summed E-state index contributed by atoms with van der Waals surface area (Å²) in [5, 5.41) is 12.8. The van der Waals surface area contributed by atoms with Crippen LogP contribution < -0.4 is 5.32 Å². The van der Waals surface area contributed by atoms with Crippen LogP contribution in [0.4, 0.5) is 10.5 Å². The zero-order valence-electron chi connectivity index (χ0n) is 13.2. The lowest BCUT2D eigenvalue weighted by molar-refractivity contribution is 0.0766. The van der Waals surface area contributed by atoms with Crippen LogP contribution in [0.5, 0.6) is 0 Å². The van der Waals surface area contributed by atoms with Crippen molar-refractivity contribution in [2.45, 2.75) is 26.3 Å². The summed E-state index contributed by atoms with van der Waals surface area (Å²) in [6, 6.07) is 5.64. The summed E-state index contributed by atoms with van der Waals surface area (Å²) < 4.78 is 0.